The lowest BCUT2D eigenvalue weighted by Crippen LogP contribution is -1.78. The van der Waals surface area contributed by atoms with Crippen molar-refractivity contribution in [2.75, 3.05) is 0 Å². The van der Waals surface area contributed by atoms with Gasteiger partial charge in [0.1, 0.15) is 5.75 Å². The number of fused-ring (bicyclic) bond motifs is 3. The van der Waals surface area contributed by atoms with Crippen LogP contribution in [-0.4, -0.2) is 21.2 Å². The molecule has 4 nitrogen and oxygen atoms in total. The Morgan fingerprint density at radius 2 is 2.06 bits per heavy atom. The van der Waals surface area contributed by atoms with Crippen molar-refractivity contribution in [2.45, 2.75) is 26.2 Å². The van der Waals surface area contributed by atoms with Crippen LogP contribution < -0.4 is 0 Å². The third-order valence-electron chi connectivity index (χ3n) is 2.83. The van der Waals surface area contributed by atoms with Gasteiger partial charge in [-0.1, -0.05) is 0 Å². The molecule has 0 fully saturated rings. The number of rotatable bonds is 0. The molecule has 0 aliphatic heterocycles. The lowest BCUT2D eigenvalue weighted by molar-refractivity contribution is -0.134. The summed E-state index contributed by atoms with van der Waals surface area (Å²) < 4.78 is 0. The van der Waals surface area contributed by atoms with Gasteiger partial charge in [-0.15, -0.1) is 0 Å². The number of aliphatic carboxylic acids is 1. The summed E-state index contributed by atoms with van der Waals surface area (Å²) in [6.45, 7) is 1.08. The van der Waals surface area contributed by atoms with Crippen LogP contribution in [-0.2, 0) is 17.6 Å². The summed E-state index contributed by atoms with van der Waals surface area (Å²) in [6.07, 6.45) is 3.55. The van der Waals surface area contributed by atoms with Crippen molar-refractivity contribution >= 4 is 16.9 Å². The number of H-pyrrole nitrogens is 1. The Bertz CT molecular complexity index is 553. The molecule has 1 aromatic heterocycles. The molecule has 1 aromatic carbocycles. The maximum Gasteiger partial charge on any atom is 0.300 e. The van der Waals surface area contributed by atoms with Gasteiger partial charge in [-0.2, -0.15) is 0 Å². The second kappa shape index (κ2) is 4.49. The standard InChI is InChI=1S/C11H11NO.C2H4O2/c13-7-4-5-11-9(6-7)8-2-1-3-10(8)12-11;1-2(3)4/h4-6,12-13H,1-3H2;1H3,(H,3,4). The third-order valence-corrected chi connectivity index (χ3v) is 2.83. The SMILES string of the molecule is CC(=O)O.Oc1ccc2[nH]c3c(c2c1)CCC3. The fraction of sp³-hybridized carbons (Fsp3) is 0.308. The third kappa shape index (κ3) is 2.41. The number of aromatic nitrogens is 1. The van der Waals surface area contributed by atoms with Gasteiger partial charge >= 0.3 is 0 Å². The molecule has 0 bridgehead atoms. The Kier molecular flexibility index (Phi) is 3.04. The Hall–Kier alpha value is -1.97. The van der Waals surface area contributed by atoms with Gasteiger partial charge in [0.15, 0.2) is 0 Å². The van der Waals surface area contributed by atoms with Crippen LogP contribution in [0.3, 0.4) is 0 Å². The number of hydrogen-bond acceptors (Lipinski definition) is 2. The van der Waals surface area contributed by atoms with Crippen LogP contribution in [0, 0.1) is 0 Å². The largest absolute Gasteiger partial charge is 0.508 e. The number of benzene rings is 1. The molecule has 0 atom stereocenters. The predicted molar refractivity (Wildman–Crippen MR) is 65.3 cm³/mol. The van der Waals surface area contributed by atoms with Crippen LogP contribution in [0.5, 0.6) is 5.75 Å². The summed E-state index contributed by atoms with van der Waals surface area (Å²) in [4.78, 5) is 12.4. The highest BCUT2D eigenvalue weighted by molar-refractivity contribution is 5.86. The van der Waals surface area contributed by atoms with Crippen LogP contribution >= 0.6 is 0 Å². The maximum absolute atomic E-state index is 9.37. The highest BCUT2D eigenvalue weighted by Gasteiger charge is 2.16. The highest BCUT2D eigenvalue weighted by atomic mass is 16.4. The summed E-state index contributed by atoms with van der Waals surface area (Å²) in [5, 5.41) is 18.0. The first-order chi connectivity index (χ1) is 8.08. The first-order valence-electron chi connectivity index (χ1n) is 5.60. The minimum atomic E-state index is -0.833. The molecular weight excluding hydrogens is 218 g/mol. The van der Waals surface area contributed by atoms with E-state index in [-0.39, 0.29) is 0 Å². The number of aromatic hydroxyl groups is 1. The number of nitrogens with one attached hydrogen (secondary N) is 1. The van der Waals surface area contributed by atoms with Crippen LogP contribution in [0.4, 0.5) is 0 Å². The van der Waals surface area contributed by atoms with Gasteiger partial charge in [0.2, 0.25) is 0 Å². The molecule has 2 aromatic rings. The molecule has 0 unspecified atom stereocenters. The normalized spacial score (nSPS) is 13.0. The molecule has 0 radical (unpaired) electrons. The van der Waals surface area contributed by atoms with Gasteiger partial charge in [-0.25, -0.2) is 0 Å². The van der Waals surface area contributed by atoms with Gasteiger partial charge in [0, 0.05) is 23.5 Å². The van der Waals surface area contributed by atoms with Crippen LogP contribution in [0.15, 0.2) is 18.2 Å². The summed E-state index contributed by atoms with van der Waals surface area (Å²) in [7, 11) is 0. The van der Waals surface area contributed by atoms with Gasteiger partial charge in [0.05, 0.1) is 0 Å². The van der Waals surface area contributed by atoms with Crippen molar-refractivity contribution in [3.8, 4) is 5.75 Å². The van der Waals surface area contributed by atoms with E-state index in [4.69, 9.17) is 9.90 Å². The summed E-state index contributed by atoms with van der Waals surface area (Å²) in [6, 6.07) is 5.53. The first kappa shape index (κ1) is 11.5. The minimum Gasteiger partial charge on any atom is -0.508 e. The summed E-state index contributed by atoms with van der Waals surface area (Å²) in [5.41, 5.74) is 3.92. The monoisotopic (exact) mass is 233 g/mol. The van der Waals surface area contributed by atoms with Crippen molar-refractivity contribution in [2.24, 2.45) is 0 Å². The van der Waals surface area contributed by atoms with Gasteiger partial charge < -0.3 is 15.2 Å². The Balaban J connectivity index is 0.000000239. The zero-order valence-electron chi connectivity index (χ0n) is 9.66. The summed E-state index contributed by atoms with van der Waals surface area (Å²) in [5.74, 6) is -0.471. The molecule has 90 valence electrons. The number of carbonyl (C=O) groups is 1. The molecule has 0 saturated heterocycles. The van der Waals surface area contributed by atoms with E-state index in [1.165, 1.54) is 23.1 Å². The van der Waals surface area contributed by atoms with Crippen molar-refractivity contribution in [1.29, 1.82) is 0 Å². The topological polar surface area (TPSA) is 73.3 Å². The number of carboxylic acid groups (broad SMARTS) is 1. The molecule has 17 heavy (non-hydrogen) atoms. The molecule has 0 amide bonds. The smallest absolute Gasteiger partial charge is 0.300 e. The second-order valence-corrected chi connectivity index (χ2v) is 4.18. The van der Waals surface area contributed by atoms with E-state index in [0.29, 0.717) is 5.75 Å². The fourth-order valence-electron chi connectivity index (χ4n) is 2.23. The van der Waals surface area contributed by atoms with Gasteiger partial charge in [-0.3, -0.25) is 4.79 Å². The Morgan fingerprint density at radius 3 is 2.76 bits per heavy atom. The lowest BCUT2D eigenvalue weighted by atomic mass is 10.1. The van der Waals surface area contributed by atoms with E-state index in [0.717, 1.165) is 25.3 Å². The molecule has 1 aliphatic rings. The molecule has 1 heterocycles. The molecular formula is C13H15NO3. The molecule has 1 aliphatic carbocycles. The Morgan fingerprint density at radius 1 is 1.35 bits per heavy atom. The molecule has 4 heteroatoms. The maximum atomic E-state index is 9.37. The zero-order chi connectivity index (χ0) is 12.4. The first-order valence-corrected chi connectivity index (χ1v) is 5.60. The fourth-order valence-corrected chi connectivity index (χ4v) is 2.23. The lowest BCUT2D eigenvalue weighted by Gasteiger charge is -1.94. The van der Waals surface area contributed by atoms with Crippen molar-refractivity contribution in [3.63, 3.8) is 0 Å². The number of carboxylic acids is 1. The van der Waals surface area contributed by atoms with E-state index in [1.807, 2.05) is 12.1 Å². The van der Waals surface area contributed by atoms with E-state index >= 15 is 0 Å². The number of hydrogen-bond donors (Lipinski definition) is 3. The quantitative estimate of drug-likeness (QED) is 0.654. The van der Waals surface area contributed by atoms with Crippen molar-refractivity contribution in [1.82, 2.24) is 4.98 Å². The summed E-state index contributed by atoms with van der Waals surface area (Å²) >= 11 is 0. The van der Waals surface area contributed by atoms with Crippen LogP contribution in [0.1, 0.15) is 24.6 Å². The number of phenols is 1. The van der Waals surface area contributed by atoms with E-state index in [9.17, 15) is 5.11 Å². The van der Waals surface area contributed by atoms with E-state index in [2.05, 4.69) is 4.98 Å². The number of phenolic OH excluding ortho intramolecular Hbond substituents is 1. The molecule has 0 spiro atoms. The average Bonchev–Trinajstić information content (AvgIpc) is 2.77. The second-order valence-electron chi connectivity index (χ2n) is 4.18. The van der Waals surface area contributed by atoms with E-state index in [1.54, 1.807) is 6.07 Å². The molecule has 3 N–H and O–H groups in total. The van der Waals surface area contributed by atoms with Crippen LogP contribution in [0.25, 0.3) is 10.9 Å². The van der Waals surface area contributed by atoms with Gasteiger partial charge in [0.25, 0.3) is 5.97 Å². The Labute approximate surface area is 98.9 Å². The van der Waals surface area contributed by atoms with Crippen molar-refractivity contribution in [3.05, 3.63) is 29.5 Å². The number of aromatic amines is 1. The highest BCUT2D eigenvalue weighted by Crippen LogP contribution is 2.31. The van der Waals surface area contributed by atoms with Crippen molar-refractivity contribution < 1.29 is 15.0 Å². The number of aryl methyl sites for hydroxylation is 2. The minimum absolute atomic E-state index is 0.362. The molecule has 0 saturated carbocycles. The predicted octanol–water partition coefficient (Wildman–Crippen LogP) is 2.45. The zero-order valence-corrected chi connectivity index (χ0v) is 9.66. The average molecular weight is 233 g/mol. The molecule has 3 rings (SSSR count). The van der Waals surface area contributed by atoms with Gasteiger partial charge in [-0.05, 0) is 43.0 Å². The van der Waals surface area contributed by atoms with E-state index < -0.39 is 5.97 Å². The van der Waals surface area contributed by atoms with Crippen LogP contribution in [0.2, 0.25) is 0 Å².